The average Bonchev–Trinajstić information content (AvgIpc) is 2.68. The maximum absolute atomic E-state index is 12.4. The number of amides is 2. The number of aryl methyl sites for hydroxylation is 1. The predicted molar refractivity (Wildman–Crippen MR) is 78.3 cm³/mol. The van der Waals surface area contributed by atoms with Gasteiger partial charge in [0.2, 0.25) is 0 Å². The van der Waals surface area contributed by atoms with Crippen LogP contribution in [-0.2, 0) is 9.53 Å². The van der Waals surface area contributed by atoms with Gasteiger partial charge in [0.15, 0.2) is 0 Å². The highest BCUT2D eigenvalue weighted by Gasteiger charge is 2.39. The van der Waals surface area contributed by atoms with Crippen molar-refractivity contribution >= 4 is 17.8 Å². The Morgan fingerprint density at radius 2 is 1.91 bits per heavy atom. The van der Waals surface area contributed by atoms with Gasteiger partial charge in [-0.15, -0.1) is 0 Å². The molecule has 0 spiro atoms. The van der Waals surface area contributed by atoms with Crippen LogP contribution in [0.15, 0.2) is 18.2 Å². The molecule has 22 heavy (non-hydrogen) atoms. The molecule has 1 aliphatic rings. The fourth-order valence-corrected chi connectivity index (χ4v) is 2.44. The van der Waals surface area contributed by atoms with Crippen LogP contribution in [0.5, 0.6) is 0 Å². The lowest BCUT2D eigenvalue weighted by Crippen LogP contribution is -2.42. The third-order valence-electron chi connectivity index (χ3n) is 3.68. The first-order chi connectivity index (χ1) is 10.4. The van der Waals surface area contributed by atoms with Crippen LogP contribution in [0, 0.1) is 12.8 Å². The first kappa shape index (κ1) is 16.2. The lowest BCUT2D eigenvalue weighted by Gasteiger charge is -2.23. The molecule has 0 fully saturated rings. The van der Waals surface area contributed by atoms with Crippen molar-refractivity contribution in [1.29, 1.82) is 0 Å². The second kappa shape index (κ2) is 6.27. The van der Waals surface area contributed by atoms with Crippen LogP contribution in [0.1, 0.15) is 40.1 Å². The molecule has 0 saturated carbocycles. The molecular weight excluding hydrogens is 286 g/mol. The summed E-state index contributed by atoms with van der Waals surface area (Å²) in [5, 5.41) is 9.75. The van der Waals surface area contributed by atoms with Gasteiger partial charge in [0, 0.05) is 6.54 Å². The third-order valence-corrected chi connectivity index (χ3v) is 3.68. The summed E-state index contributed by atoms with van der Waals surface area (Å²) in [6, 6.07) is 5.01. The molecule has 0 aromatic heterocycles. The van der Waals surface area contributed by atoms with E-state index in [0.717, 1.165) is 10.5 Å². The van der Waals surface area contributed by atoms with Crippen LogP contribution in [0.3, 0.4) is 0 Å². The molecule has 6 heteroatoms. The fraction of sp³-hybridized carbons (Fsp3) is 0.438. The van der Waals surface area contributed by atoms with Crippen molar-refractivity contribution in [3.8, 4) is 0 Å². The van der Waals surface area contributed by atoms with Crippen LogP contribution in [0.25, 0.3) is 0 Å². The van der Waals surface area contributed by atoms with E-state index in [1.807, 2.05) is 6.92 Å². The lowest BCUT2D eigenvalue weighted by atomic mass is 10.0. The Hall–Kier alpha value is -2.21. The number of carbonyl (C=O) groups excluding carboxylic acids is 3. The first-order valence-electron chi connectivity index (χ1n) is 7.18. The molecule has 1 aromatic rings. The molecule has 1 heterocycles. The monoisotopic (exact) mass is 305 g/mol. The fourth-order valence-electron chi connectivity index (χ4n) is 2.44. The van der Waals surface area contributed by atoms with Crippen molar-refractivity contribution in [2.24, 2.45) is 5.92 Å². The minimum absolute atomic E-state index is 0.170. The van der Waals surface area contributed by atoms with Crippen molar-refractivity contribution in [1.82, 2.24) is 4.90 Å². The normalized spacial score (nSPS) is 16.5. The van der Waals surface area contributed by atoms with Gasteiger partial charge in [0.05, 0.1) is 23.8 Å². The molecule has 0 aliphatic carbocycles. The number of hydrogen-bond donors (Lipinski definition) is 1. The molecule has 0 radical (unpaired) electrons. The summed E-state index contributed by atoms with van der Waals surface area (Å²) < 4.78 is 4.89. The maximum atomic E-state index is 12.4. The SMILES string of the molecule is CCOC(=O)[C@H](CN1C(=O)c2ccc(C)cc2C1=O)[C@@H](C)O. The molecule has 0 saturated heterocycles. The average molecular weight is 305 g/mol. The van der Waals surface area contributed by atoms with E-state index in [9.17, 15) is 19.5 Å². The molecule has 2 amide bonds. The summed E-state index contributed by atoms with van der Waals surface area (Å²) in [6.45, 7) is 4.90. The molecular formula is C16H19NO5. The highest BCUT2D eigenvalue weighted by atomic mass is 16.5. The van der Waals surface area contributed by atoms with Crippen LogP contribution in [0.2, 0.25) is 0 Å². The topological polar surface area (TPSA) is 83.9 Å². The largest absolute Gasteiger partial charge is 0.466 e. The first-order valence-corrected chi connectivity index (χ1v) is 7.18. The Balaban J connectivity index is 2.25. The molecule has 2 rings (SSSR count). The van der Waals surface area contributed by atoms with E-state index in [-0.39, 0.29) is 13.2 Å². The highest BCUT2D eigenvalue weighted by molar-refractivity contribution is 6.21. The second-order valence-corrected chi connectivity index (χ2v) is 5.37. The smallest absolute Gasteiger partial charge is 0.313 e. The van der Waals surface area contributed by atoms with Gasteiger partial charge < -0.3 is 9.84 Å². The Bertz CT molecular complexity index is 623. The van der Waals surface area contributed by atoms with Crippen molar-refractivity contribution in [2.45, 2.75) is 26.9 Å². The zero-order valence-corrected chi connectivity index (χ0v) is 12.8. The molecule has 1 aliphatic heterocycles. The summed E-state index contributed by atoms with van der Waals surface area (Å²) in [7, 11) is 0. The summed E-state index contributed by atoms with van der Waals surface area (Å²) in [6.07, 6.45) is -1.02. The minimum atomic E-state index is -1.02. The quantitative estimate of drug-likeness (QED) is 0.651. The van der Waals surface area contributed by atoms with Gasteiger partial charge in [0.25, 0.3) is 11.8 Å². The number of esters is 1. The van der Waals surface area contributed by atoms with E-state index < -0.39 is 29.8 Å². The Kier molecular flexibility index (Phi) is 4.61. The Labute approximate surface area is 128 Å². The number of aliphatic hydroxyl groups is 1. The van der Waals surface area contributed by atoms with E-state index in [4.69, 9.17) is 4.74 Å². The number of imide groups is 1. The third kappa shape index (κ3) is 2.87. The van der Waals surface area contributed by atoms with Crippen molar-refractivity contribution in [2.75, 3.05) is 13.2 Å². The summed E-state index contributed by atoms with van der Waals surface area (Å²) >= 11 is 0. The standard InChI is InChI=1S/C16H19NO5/c1-4-22-16(21)13(10(3)18)8-17-14(19)11-6-5-9(2)7-12(11)15(17)20/h5-7,10,13,18H,4,8H2,1-3H3/t10-,13-/m1/s1. The molecule has 0 bridgehead atoms. The number of hydrogen-bond acceptors (Lipinski definition) is 5. The van der Waals surface area contributed by atoms with Crippen LogP contribution >= 0.6 is 0 Å². The van der Waals surface area contributed by atoms with Crippen LogP contribution < -0.4 is 0 Å². The molecule has 1 aromatic carbocycles. The van der Waals surface area contributed by atoms with Gasteiger partial charge in [0.1, 0.15) is 5.92 Å². The van der Waals surface area contributed by atoms with E-state index in [2.05, 4.69) is 0 Å². The molecule has 0 unspecified atom stereocenters. The second-order valence-electron chi connectivity index (χ2n) is 5.37. The zero-order valence-electron chi connectivity index (χ0n) is 12.8. The van der Waals surface area contributed by atoms with Crippen molar-refractivity contribution < 1.29 is 24.2 Å². The Morgan fingerprint density at radius 3 is 2.50 bits per heavy atom. The summed E-state index contributed by atoms with van der Waals surface area (Å²) in [5.74, 6) is -2.47. The van der Waals surface area contributed by atoms with Crippen LogP contribution in [0.4, 0.5) is 0 Å². The number of ether oxygens (including phenoxy) is 1. The number of nitrogens with zero attached hydrogens (tertiary/aromatic N) is 1. The van der Waals surface area contributed by atoms with Crippen molar-refractivity contribution in [3.63, 3.8) is 0 Å². The van der Waals surface area contributed by atoms with Gasteiger partial charge in [-0.25, -0.2) is 0 Å². The van der Waals surface area contributed by atoms with Gasteiger partial charge in [-0.05, 0) is 32.9 Å². The zero-order chi connectivity index (χ0) is 16.4. The lowest BCUT2D eigenvalue weighted by molar-refractivity contribution is -0.151. The molecule has 6 nitrogen and oxygen atoms in total. The molecule has 1 N–H and O–H groups in total. The van der Waals surface area contributed by atoms with E-state index in [0.29, 0.717) is 11.1 Å². The summed E-state index contributed by atoms with van der Waals surface area (Å²) in [4.78, 5) is 37.6. The number of rotatable bonds is 5. The van der Waals surface area contributed by atoms with E-state index in [1.165, 1.54) is 6.92 Å². The maximum Gasteiger partial charge on any atom is 0.313 e. The van der Waals surface area contributed by atoms with Gasteiger partial charge >= 0.3 is 5.97 Å². The van der Waals surface area contributed by atoms with Gasteiger partial charge in [-0.1, -0.05) is 11.6 Å². The molecule has 2 atom stereocenters. The number of aliphatic hydroxyl groups excluding tert-OH is 1. The molecule has 118 valence electrons. The van der Waals surface area contributed by atoms with Crippen LogP contribution in [-0.4, -0.2) is 47.0 Å². The van der Waals surface area contributed by atoms with E-state index >= 15 is 0 Å². The van der Waals surface area contributed by atoms with Crippen molar-refractivity contribution in [3.05, 3.63) is 34.9 Å². The minimum Gasteiger partial charge on any atom is -0.466 e. The van der Waals surface area contributed by atoms with Gasteiger partial charge in [-0.3, -0.25) is 19.3 Å². The van der Waals surface area contributed by atoms with Gasteiger partial charge in [-0.2, -0.15) is 0 Å². The summed E-state index contributed by atoms with van der Waals surface area (Å²) in [5.41, 5.74) is 1.53. The number of fused-ring (bicyclic) bond motifs is 1. The number of benzene rings is 1. The number of carbonyl (C=O) groups is 3. The predicted octanol–water partition coefficient (Wildman–Crippen LogP) is 1.15. The van der Waals surface area contributed by atoms with E-state index in [1.54, 1.807) is 25.1 Å². The Morgan fingerprint density at radius 1 is 1.27 bits per heavy atom. The highest BCUT2D eigenvalue weighted by Crippen LogP contribution is 2.25.